The molecule has 2 rings (SSSR count). The molecule has 1 aliphatic rings. The smallest absolute Gasteiger partial charge is 0.474 e. The highest BCUT2D eigenvalue weighted by Crippen LogP contribution is 2.21. The lowest BCUT2D eigenvalue weighted by Crippen LogP contribution is -2.14. The van der Waals surface area contributed by atoms with Crippen LogP contribution in [0.5, 0.6) is 5.88 Å². The minimum atomic E-state index is 0.432. The second-order valence-electron chi connectivity index (χ2n) is 2.32. The largest absolute Gasteiger partial charge is 0.512 e. The first kappa shape index (κ1) is 6.72. The Morgan fingerprint density at radius 3 is 3.45 bits per heavy atom. The molecule has 58 valence electrons. The van der Waals surface area contributed by atoms with E-state index in [0.29, 0.717) is 29.0 Å². The first-order valence-corrected chi connectivity index (χ1v) is 4.14. The molecule has 4 nitrogen and oxygen atoms in total. The molecule has 0 atom stereocenters. The van der Waals surface area contributed by atoms with Crippen molar-refractivity contribution in [2.75, 3.05) is 6.61 Å². The van der Waals surface area contributed by atoms with E-state index < -0.39 is 0 Å². The third-order valence-corrected chi connectivity index (χ3v) is 2.06. The first-order chi connectivity index (χ1) is 5.42. The number of rotatable bonds is 1. The van der Waals surface area contributed by atoms with E-state index in [0.717, 1.165) is 13.0 Å². The minimum Gasteiger partial charge on any atom is -0.474 e. The Morgan fingerprint density at radius 2 is 2.64 bits per heavy atom. The van der Waals surface area contributed by atoms with E-state index in [1.807, 2.05) is 0 Å². The van der Waals surface area contributed by atoms with Gasteiger partial charge in [-0.1, -0.05) is 0 Å². The second-order valence-corrected chi connectivity index (χ2v) is 2.93. The molecule has 0 aliphatic carbocycles. The van der Waals surface area contributed by atoms with Crippen LogP contribution in [0.25, 0.3) is 0 Å². The zero-order valence-corrected chi connectivity index (χ0v) is 6.63. The van der Waals surface area contributed by atoms with Gasteiger partial charge >= 0.3 is 16.6 Å². The maximum Gasteiger partial charge on any atom is 0.512 e. The maximum atomic E-state index is 10.4. The third-order valence-electron chi connectivity index (χ3n) is 1.60. The number of aromatic nitrogens is 2. The molecule has 11 heavy (non-hydrogen) atoms. The van der Waals surface area contributed by atoms with Crippen molar-refractivity contribution in [3.05, 3.63) is 6.20 Å². The number of hydrogen-bond donors (Lipinski definition) is 0. The van der Waals surface area contributed by atoms with Gasteiger partial charge in [-0.15, -0.1) is 0 Å². The Kier molecular flexibility index (Phi) is 1.58. The summed E-state index contributed by atoms with van der Waals surface area (Å²) >= 11 is 0.432. The number of ether oxygens (including phenoxy) is 1. The average Bonchev–Trinajstić information content (AvgIpc) is 2.47. The van der Waals surface area contributed by atoms with Crippen LogP contribution in [-0.4, -0.2) is 16.4 Å². The van der Waals surface area contributed by atoms with Gasteiger partial charge in [-0.2, -0.15) is 5.10 Å². The van der Waals surface area contributed by atoms with E-state index in [2.05, 4.69) is 5.10 Å². The van der Waals surface area contributed by atoms with E-state index >= 15 is 0 Å². The van der Waals surface area contributed by atoms with Gasteiger partial charge in [-0.3, -0.25) is 0 Å². The summed E-state index contributed by atoms with van der Waals surface area (Å²) in [4.78, 5) is 0.588. The molecule has 0 unspecified atom stereocenters. The SMILES string of the molecule is O=[S+]c1cnn2c1OCCC2. The highest BCUT2D eigenvalue weighted by Gasteiger charge is 2.24. The molecule has 0 radical (unpaired) electrons. The highest BCUT2D eigenvalue weighted by atomic mass is 32.1. The van der Waals surface area contributed by atoms with Crippen LogP contribution in [0.4, 0.5) is 0 Å². The van der Waals surface area contributed by atoms with Crippen molar-refractivity contribution in [2.45, 2.75) is 17.9 Å². The fourth-order valence-electron chi connectivity index (χ4n) is 1.10. The van der Waals surface area contributed by atoms with E-state index in [9.17, 15) is 4.21 Å². The van der Waals surface area contributed by atoms with Crippen molar-refractivity contribution in [1.29, 1.82) is 0 Å². The lowest BCUT2D eigenvalue weighted by atomic mass is 10.4. The molecule has 0 bridgehead atoms. The molecule has 0 N–H and O–H groups in total. The number of hydrogen-bond acceptors (Lipinski definition) is 3. The van der Waals surface area contributed by atoms with E-state index in [1.165, 1.54) is 0 Å². The van der Waals surface area contributed by atoms with Gasteiger partial charge in [0.2, 0.25) is 0 Å². The molecule has 1 aliphatic heterocycles. The maximum absolute atomic E-state index is 10.4. The number of fused-ring (bicyclic) bond motifs is 1. The zero-order chi connectivity index (χ0) is 7.68. The van der Waals surface area contributed by atoms with Crippen molar-refractivity contribution in [2.24, 2.45) is 0 Å². The van der Waals surface area contributed by atoms with Gasteiger partial charge in [-0.25, -0.2) is 4.68 Å². The van der Waals surface area contributed by atoms with Crippen LogP contribution >= 0.6 is 0 Å². The average molecular weight is 171 g/mol. The predicted molar refractivity (Wildman–Crippen MR) is 38.7 cm³/mol. The molecule has 0 amide bonds. The first-order valence-electron chi connectivity index (χ1n) is 3.40. The molecular formula is C6H7N2O2S+. The Labute approximate surface area is 67.6 Å². The Morgan fingerprint density at radius 1 is 1.73 bits per heavy atom. The fourth-order valence-corrected chi connectivity index (χ4v) is 1.43. The molecule has 5 heteroatoms. The predicted octanol–water partition coefficient (Wildman–Crippen LogP) is 0.453. The fraction of sp³-hybridized carbons (Fsp3) is 0.500. The van der Waals surface area contributed by atoms with Gasteiger partial charge in [0, 0.05) is 17.2 Å². The molecule has 0 saturated carbocycles. The standard InChI is InChI=1S/C6H7N2O2S/c9-11-5-4-7-8-2-1-3-10-6(5)8/h4H,1-3H2/q+1. The molecular weight excluding hydrogens is 164 g/mol. The van der Waals surface area contributed by atoms with Crippen LogP contribution in [0.2, 0.25) is 0 Å². The van der Waals surface area contributed by atoms with Crippen LogP contribution in [0.15, 0.2) is 11.1 Å². The number of nitrogens with zero attached hydrogens (tertiary/aromatic N) is 2. The van der Waals surface area contributed by atoms with Crippen molar-refractivity contribution >= 4 is 11.7 Å². The summed E-state index contributed by atoms with van der Waals surface area (Å²) in [5, 5.41) is 4.00. The van der Waals surface area contributed by atoms with Crippen molar-refractivity contribution in [3.8, 4) is 5.88 Å². The van der Waals surface area contributed by atoms with E-state index in [-0.39, 0.29) is 0 Å². The Balaban J connectivity index is 2.45. The van der Waals surface area contributed by atoms with Crippen LogP contribution in [0.3, 0.4) is 0 Å². The van der Waals surface area contributed by atoms with Gasteiger partial charge in [-0.05, 0) is 0 Å². The van der Waals surface area contributed by atoms with Crippen LogP contribution in [0, 0.1) is 0 Å². The third kappa shape index (κ3) is 1.01. The van der Waals surface area contributed by atoms with Crippen LogP contribution in [-0.2, 0) is 22.4 Å². The summed E-state index contributed by atoms with van der Waals surface area (Å²) in [5.74, 6) is 0.635. The lowest BCUT2D eigenvalue weighted by Gasteiger charge is -2.12. The lowest BCUT2D eigenvalue weighted by molar-refractivity contribution is 0.225. The Bertz CT molecular complexity index is 284. The highest BCUT2D eigenvalue weighted by molar-refractivity contribution is 7.65. The van der Waals surface area contributed by atoms with Crippen LogP contribution in [0.1, 0.15) is 6.42 Å². The molecule has 1 aromatic heterocycles. The zero-order valence-electron chi connectivity index (χ0n) is 5.82. The monoisotopic (exact) mass is 171 g/mol. The molecule has 1 aromatic rings. The summed E-state index contributed by atoms with van der Waals surface area (Å²) < 4.78 is 17.4. The van der Waals surface area contributed by atoms with Crippen molar-refractivity contribution in [1.82, 2.24) is 9.78 Å². The summed E-state index contributed by atoms with van der Waals surface area (Å²) in [6, 6.07) is 0. The normalized spacial score (nSPS) is 15.3. The number of aryl methyl sites for hydroxylation is 1. The summed E-state index contributed by atoms with van der Waals surface area (Å²) in [5.41, 5.74) is 0. The molecule has 0 saturated heterocycles. The van der Waals surface area contributed by atoms with Crippen molar-refractivity contribution in [3.63, 3.8) is 0 Å². The quantitative estimate of drug-likeness (QED) is 0.576. The summed E-state index contributed by atoms with van der Waals surface area (Å²) in [6.45, 7) is 1.55. The Hall–Kier alpha value is -0.970. The van der Waals surface area contributed by atoms with Gasteiger partial charge in [0.1, 0.15) is 6.20 Å². The molecule has 0 aromatic carbocycles. The molecule has 0 fully saturated rings. The van der Waals surface area contributed by atoms with Gasteiger partial charge in [0.25, 0.3) is 5.88 Å². The van der Waals surface area contributed by atoms with Crippen molar-refractivity contribution < 1.29 is 8.95 Å². The van der Waals surface area contributed by atoms with E-state index in [1.54, 1.807) is 10.9 Å². The summed E-state index contributed by atoms with van der Waals surface area (Å²) in [7, 11) is 0. The topological polar surface area (TPSA) is 44.1 Å². The molecule has 2 heterocycles. The van der Waals surface area contributed by atoms with Crippen LogP contribution < -0.4 is 4.74 Å². The second kappa shape index (κ2) is 2.58. The van der Waals surface area contributed by atoms with Gasteiger partial charge in [0.15, 0.2) is 0 Å². The van der Waals surface area contributed by atoms with Gasteiger partial charge in [0.05, 0.1) is 6.61 Å². The summed E-state index contributed by atoms with van der Waals surface area (Å²) in [6.07, 6.45) is 2.52. The van der Waals surface area contributed by atoms with Gasteiger partial charge < -0.3 is 4.74 Å². The van der Waals surface area contributed by atoms with E-state index in [4.69, 9.17) is 4.74 Å². The molecule has 0 spiro atoms. The minimum absolute atomic E-state index is 0.432.